The number of ether oxygens (including phenoxy) is 1. The third-order valence-electron chi connectivity index (χ3n) is 10.2. The molecule has 6 atom stereocenters. The summed E-state index contributed by atoms with van der Waals surface area (Å²) in [5, 5.41) is 11.0. The highest BCUT2D eigenvalue weighted by atomic mass is 16.5. The van der Waals surface area contributed by atoms with Crippen molar-refractivity contribution in [3.05, 3.63) is 53.5 Å². The van der Waals surface area contributed by atoms with E-state index in [0.29, 0.717) is 17.7 Å². The Kier molecular flexibility index (Phi) is 4.55. The minimum atomic E-state index is -0.112. The number of benzene rings is 1. The Labute approximate surface area is 206 Å². The van der Waals surface area contributed by atoms with Crippen molar-refractivity contribution in [3.63, 3.8) is 0 Å². The SMILES string of the molecule is CN(C(=O)/C=C/c1ccoc1)[C@@H]1CC[C@H]2[C@@H]3Cc4c(O)ccc5c4[C@]2(CC[N@+]3(C)CC2CC2)C1O5. The van der Waals surface area contributed by atoms with E-state index in [-0.39, 0.29) is 23.5 Å². The van der Waals surface area contributed by atoms with Crippen LogP contribution in [-0.4, -0.2) is 65.8 Å². The van der Waals surface area contributed by atoms with Gasteiger partial charge in [0.25, 0.3) is 0 Å². The van der Waals surface area contributed by atoms with Crippen molar-refractivity contribution >= 4 is 12.0 Å². The van der Waals surface area contributed by atoms with Gasteiger partial charge in [0.15, 0.2) is 0 Å². The third kappa shape index (κ3) is 3.01. The van der Waals surface area contributed by atoms with Crippen LogP contribution in [0.5, 0.6) is 11.5 Å². The van der Waals surface area contributed by atoms with Gasteiger partial charge in [-0.05, 0) is 50.0 Å². The van der Waals surface area contributed by atoms with Crippen molar-refractivity contribution < 1.29 is 23.5 Å². The van der Waals surface area contributed by atoms with E-state index in [9.17, 15) is 9.90 Å². The van der Waals surface area contributed by atoms with Crippen LogP contribution in [-0.2, 0) is 16.6 Å². The lowest BCUT2D eigenvalue weighted by molar-refractivity contribution is -0.946. The number of hydrogen-bond acceptors (Lipinski definition) is 4. The summed E-state index contributed by atoms with van der Waals surface area (Å²) in [6.07, 6.45) is 13.4. The number of likely N-dealkylation sites (tertiary alicyclic amines) is 1. The van der Waals surface area contributed by atoms with Crippen molar-refractivity contribution in [2.75, 3.05) is 27.2 Å². The molecule has 1 N–H and O–H groups in total. The number of nitrogens with zero attached hydrogens (tertiary/aromatic N) is 2. The maximum Gasteiger partial charge on any atom is 0.246 e. The summed E-state index contributed by atoms with van der Waals surface area (Å²) in [6, 6.07) is 6.14. The molecule has 1 aromatic heterocycles. The topological polar surface area (TPSA) is 62.9 Å². The molecule has 2 aliphatic heterocycles. The van der Waals surface area contributed by atoms with E-state index in [1.165, 1.54) is 24.9 Å². The summed E-state index contributed by atoms with van der Waals surface area (Å²) in [4.78, 5) is 15.1. The molecule has 1 amide bonds. The summed E-state index contributed by atoms with van der Waals surface area (Å²) < 4.78 is 13.0. The summed E-state index contributed by atoms with van der Waals surface area (Å²) in [7, 11) is 4.39. The maximum absolute atomic E-state index is 13.2. The average Bonchev–Trinajstić information content (AvgIpc) is 3.37. The summed E-state index contributed by atoms with van der Waals surface area (Å²) in [5.41, 5.74) is 3.15. The second-order valence-corrected chi connectivity index (χ2v) is 12.0. The summed E-state index contributed by atoms with van der Waals surface area (Å²) in [5.74, 6) is 2.75. The van der Waals surface area contributed by atoms with Gasteiger partial charge in [0, 0.05) is 54.5 Å². The molecule has 1 spiro atoms. The summed E-state index contributed by atoms with van der Waals surface area (Å²) >= 11 is 0. The van der Waals surface area contributed by atoms with Crippen LogP contribution >= 0.6 is 0 Å². The van der Waals surface area contributed by atoms with Gasteiger partial charge in [0.2, 0.25) is 5.91 Å². The van der Waals surface area contributed by atoms with E-state index >= 15 is 0 Å². The van der Waals surface area contributed by atoms with Crippen molar-refractivity contribution in [2.24, 2.45) is 11.8 Å². The molecule has 5 aliphatic rings. The zero-order valence-electron chi connectivity index (χ0n) is 20.7. The van der Waals surface area contributed by atoms with Crippen LogP contribution < -0.4 is 4.74 Å². The minimum Gasteiger partial charge on any atom is -0.508 e. The molecule has 2 saturated carbocycles. The molecule has 6 heteroatoms. The minimum absolute atomic E-state index is 0.00815. The molecule has 2 bridgehead atoms. The van der Waals surface area contributed by atoms with Gasteiger partial charge in [-0.3, -0.25) is 4.79 Å². The Balaban J connectivity index is 1.26. The fourth-order valence-corrected chi connectivity index (χ4v) is 8.32. The first kappa shape index (κ1) is 21.5. The largest absolute Gasteiger partial charge is 0.508 e. The molecule has 3 fully saturated rings. The number of furan rings is 1. The number of hydrogen-bond donors (Lipinski definition) is 1. The molecule has 2 aromatic rings. The molecule has 6 nitrogen and oxygen atoms in total. The number of aromatic hydroxyl groups is 1. The lowest BCUT2D eigenvalue weighted by Gasteiger charge is -2.62. The molecule has 35 heavy (non-hydrogen) atoms. The Morgan fingerprint density at radius 3 is 2.89 bits per heavy atom. The van der Waals surface area contributed by atoms with Crippen LogP contribution in [0.15, 0.2) is 41.2 Å². The number of likely N-dealkylation sites (N-methyl/N-ethyl adjacent to an activating group) is 2. The standard InChI is InChI=1S/C29H34N2O4/c1-30(26(33)10-5-19-11-14-34-17-19)22-7-6-21-23-15-20-24(32)8-9-25-27(20)29(21,28(22)35-25)12-13-31(23,2)16-18-3-4-18/h5,8-11,14,17-18,21-23,28H,3-4,6-7,12-13,15-16H2,1-2H3/p+1/b10-5+/t21-,22+,23-,28?,29+,31+/m0/s1. The van der Waals surface area contributed by atoms with Crippen LogP contribution in [0.2, 0.25) is 0 Å². The smallest absolute Gasteiger partial charge is 0.246 e. The number of amides is 1. The first-order chi connectivity index (χ1) is 16.9. The lowest BCUT2D eigenvalue weighted by atomic mass is 9.50. The van der Waals surface area contributed by atoms with Crippen LogP contribution in [0.3, 0.4) is 0 Å². The van der Waals surface area contributed by atoms with Gasteiger partial charge < -0.3 is 23.6 Å². The Morgan fingerprint density at radius 1 is 1.26 bits per heavy atom. The van der Waals surface area contributed by atoms with Crippen LogP contribution in [0.25, 0.3) is 6.08 Å². The lowest BCUT2D eigenvalue weighted by Crippen LogP contribution is -2.73. The zero-order chi connectivity index (χ0) is 23.9. The molecule has 0 radical (unpaired) electrons. The Morgan fingerprint density at radius 2 is 2.11 bits per heavy atom. The maximum atomic E-state index is 13.2. The normalized spacial score (nSPS) is 36.6. The van der Waals surface area contributed by atoms with Gasteiger partial charge in [-0.1, -0.05) is 0 Å². The zero-order valence-corrected chi connectivity index (χ0v) is 20.7. The molecule has 1 unspecified atom stereocenters. The quantitative estimate of drug-likeness (QED) is 0.522. The van der Waals surface area contributed by atoms with Gasteiger partial charge in [-0.2, -0.15) is 0 Å². The molecule has 1 aromatic carbocycles. The second kappa shape index (κ2) is 7.39. The predicted octanol–water partition coefficient (Wildman–Crippen LogP) is 4.12. The first-order valence-electron chi connectivity index (χ1n) is 13.2. The molecular weight excluding hydrogens is 440 g/mol. The number of piperidine rings is 1. The highest BCUT2D eigenvalue weighted by Gasteiger charge is 2.69. The number of quaternary nitrogens is 1. The number of phenols is 1. The van der Waals surface area contributed by atoms with Gasteiger partial charge in [-0.25, -0.2) is 0 Å². The first-order valence-corrected chi connectivity index (χ1v) is 13.2. The molecule has 1 saturated heterocycles. The fourth-order valence-electron chi connectivity index (χ4n) is 8.32. The number of carbonyl (C=O) groups is 1. The van der Waals surface area contributed by atoms with E-state index < -0.39 is 0 Å². The van der Waals surface area contributed by atoms with Crippen LogP contribution in [0.4, 0.5) is 0 Å². The molecular formula is C29H35N2O4+. The van der Waals surface area contributed by atoms with E-state index in [1.54, 1.807) is 18.6 Å². The number of carbonyl (C=O) groups excluding carboxylic acids is 1. The van der Waals surface area contributed by atoms with Crippen molar-refractivity contribution in [2.45, 2.75) is 62.1 Å². The van der Waals surface area contributed by atoms with Gasteiger partial charge in [-0.15, -0.1) is 0 Å². The van der Waals surface area contributed by atoms with Gasteiger partial charge in [0.1, 0.15) is 17.6 Å². The highest BCUT2D eigenvalue weighted by Crippen LogP contribution is 2.64. The second-order valence-electron chi connectivity index (χ2n) is 12.0. The molecule has 3 aliphatic carbocycles. The van der Waals surface area contributed by atoms with Gasteiger partial charge in [0.05, 0.1) is 50.2 Å². The number of rotatable bonds is 5. The monoisotopic (exact) mass is 475 g/mol. The van der Waals surface area contributed by atoms with Crippen molar-refractivity contribution in [1.82, 2.24) is 4.90 Å². The highest BCUT2D eigenvalue weighted by molar-refractivity contribution is 5.91. The molecule has 184 valence electrons. The number of phenolic OH excluding ortho intramolecular Hbond substituents is 1. The Hall–Kier alpha value is -2.73. The third-order valence-corrected chi connectivity index (χ3v) is 10.2. The van der Waals surface area contributed by atoms with E-state index in [1.807, 2.05) is 36.2 Å². The van der Waals surface area contributed by atoms with E-state index in [2.05, 4.69) is 7.05 Å². The summed E-state index contributed by atoms with van der Waals surface area (Å²) in [6.45, 7) is 2.41. The fraction of sp³-hybridized carbons (Fsp3) is 0.552. The average molecular weight is 476 g/mol. The predicted molar refractivity (Wildman–Crippen MR) is 132 cm³/mol. The van der Waals surface area contributed by atoms with Crippen molar-refractivity contribution in [3.8, 4) is 11.5 Å². The van der Waals surface area contributed by atoms with Crippen LogP contribution in [0.1, 0.15) is 48.8 Å². The molecule has 3 heterocycles. The van der Waals surface area contributed by atoms with Crippen LogP contribution in [0, 0.1) is 11.8 Å². The van der Waals surface area contributed by atoms with Gasteiger partial charge >= 0.3 is 0 Å². The Bertz CT molecular complexity index is 1200. The van der Waals surface area contributed by atoms with E-state index in [4.69, 9.17) is 9.15 Å². The van der Waals surface area contributed by atoms with E-state index in [0.717, 1.165) is 59.5 Å². The van der Waals surface area contributed by atoms with Crippen molar-refractivity contribution in [1.29, 1.82) is 0 Å². The molecule has 7 rings (SSSR count).